The highest BCUT2D eigenvalue weighted by molar-refractivity contribution is 5.94. The fourth-order valence-electron chi connectivity index (χ4n) is 3.90. The molecule has 2 aliphatic rings. The summed E-state index contributed by atoms with van der Waals surface area (Å²) in [4.78, 5) is 19.3. The van der Waals surface area contributed by atoms with Crippen LogP contribution >= 0.6 is 0 Å². The average molecular weight is 368 g/mol. The SMILES string of the molecule is CCN(Cc1noc(C2CCC2)n1)C(=O)c1cccc([C@@H]2CCCNC2)c1. The van der Waals surface area contributed by atoms with E-state index in [0.29, 0.717) is 30.7 Å². The molecule has 6 heteroatoms. The second kappa shape index (κ2) is 8.21. The van der Waals surface area contributed by atoms with Crippen molar-refractivity contribution in [2.75, 3.05) is 19.6 Å². The number of amides is 1. The Hall–Kier alpha value is -2.21. The summed E-state index contributed by atoms with van der Waals surface area (Å²) in [6.45, 7) is 5.07. The molecule has 4 rings (SSSR count). The van der Waals surface area contributed by atoms with E-state index in [2.05, 4.69) is 27.6 Å². The van der Waals surface area contributed by atoms with Gasteiger partial charge < -0.3 is 14.7 Å². The topological polar surface area (TPSA) is 71.3 Å². The van der Waals surface area contributed by atoms with Crippen LogP contribution in [0, 0.1) is 0 Å². The third-order valence-corrected chi connectivity index (χ3v) is 5.84. The number of hydrogen-bond donors (Lipinski definition) is 1. The van der Waals surface area contributed by atoms with Crippen molar-refractivity contribution < 1.29 is 9.32 Å². The molecule has 0 bridgehead atoms. The van der Waals surface area contributed by atoms with Crippen molar-refractivity contribution in [2.45, 2.75) is 57.4 Å². The summed E-state index contributed by atoms with van der Waals surface area (Å²) in [5.74, 6) is 2.26. The number of rotatable bonds is 6. The second-order valence-corrected chi connectivity index (χ2v) is 7.66. The minimum atomic E-state index is 0.0260. The van der Waals surface area contributed by atoms with E-state index in [0.717, 1.165) is 37.4 Å². The molecule has 0 radical (unpaired) electrons. The molecule has 0 spiro atoms. The van der Waals surface area contributed by atoms with Crippen LogP contribution < -0.4 is 5.32 Å². The van der Waals surface area contributed by atoms with Crippen LogP contribution in [-0.4, -0.2) is 40.6 Å². The molecule has 6 nitrogen and oxygen atoms in total. The van der Waals surface area contributed by atoms with Crippen LogP contribution in [0.2, 0.25) is 0 Å². The minimum Gasteiger partial charge on any atom is -0.339 e. The number of benzene rings is 1. The predicted molar refractivity (Wildman–Crippen MR) is 103 cm³/mol. The molecular formula is C21H28N4O2. The third-order valence-electron chi connectivity index (χ3n) is 5.84. The highest BCUT2D eigenvalue weighted by Gasteiger charge is 2.26. The second-order valence-electron chi connectivity index (χ2n) is 7.66. The summed E-state index contributed by atoms with van der Waals surface area (Å²) in [5.41, 5.74) is 1.98. The lowest BCUT2D eigenvalue weighted by molar-refractivity contribution is 0.0747. The van der Waals surface area contributed by atoms with Gasteiger partial charge in [-0.1, -0.05) is 23.7 Å². The van der Waals surface area contributed by atoms with E-state index in [1.54, 1.807) is 4.90 Å². The number of aromatic nitrogens is 2. The maximum Gasteiger partial charge on any atom is 0.254 e. The van der Waals surface area contributed by atoms with Gasteiger partial charge in [0.25, 0.3) is 5.91 Å². The monoisotopic (exact) mass is 368 g/mol. The normalized spacial score (nSPS) is 20.3. The van der Waals surface area contributed by atoms with Gasteiger partial charge in [-0.05, 0) is 62.8 Å². The Morgan fingerprint density at radius 1 is 1.26 bits per heavy atom. The zero-order valence-electron chi connectivity index (χ0n) is 16.0. The fraction of sp³-hybridized carbons (Fsp3) is 0.571. The Balaban J connectivity index is 1.45. The first-order valence-corrected chi connectivity index (χ1v) is 10.2. The molecule has 144 valence electrons. The molecule has 1 aliphatic carbocycles. The summed E-state index contributed by atoms with van der Waals surface area (Å²) in [6, 6.07) is 8.09. The van der Waals surface area contributed by atoms with Gasteiger partial charge in [-0.2, -0.15) is 4.98 Å². The zero-order chi connectivity index (χ0) is 18.6. The lowest BCUT2D eigenvalue weighted by atomic mass is 9.85. The molecule has 27 heavy (non-hydrogen) atoms. The van der Waals surface area contributed by atoms with E-state index >= 15 is 0 Å². The van der Waals surface area contributed by atoms with Gasteiger partial charge >= 0.3 is 0 Å². The van der Waals surface area contributed by atoms with Crippen molar-refractivity contribution in [1.82, 2.24) is 20.4 Å². The number of nitrogens with one attached hydrogen (secondary N) is 1. The number of hydrogen-bond acceptors (Lipinski definition) is 5. The van der Waals surface area contributed by atoms with E-state index in [4.69, 9.17) is 4.52 Å². The minimum absolute atomic E-state index is 0.0260. The van der Waals surface area contributed by atoms with Crippen LogP contribution in [0.15, 0.2) is 28.8 Å². The summed E-state index contributed by atoms with van der Waals surface area (Å²) < 4.78 is 5.39. The number of carbonyl (C=O) groups is 1. The Morgan fingerprint density at radius 2 is 2.11 bits per heavy atom. The van der Waals surface area contributed by atoms with Crippen molar-refractivity contribution in [3.8, 4) is 0 Å². The van der Waals surface area contributed by atoms with Gasteiger partial charge in [0, 0.05) is 24.6 Å². The molecule has 1 N–H and O–H groups in total. The van der Waals surface area contributed by atoms with Gasteiger partial charge in [0.2, 0.25) is 5.89 Å². The molecule has 0 unspecified atom stereocenters. The molecule has 1 saturated carbocycles. The maximum atomic E-state index is 13.0. The molecule has 2 fully saturated rings. The van der Waals surface area contributed by atoms with E-state index in [9.17, 15) is 4.79 Å². The first-order chi connectivity index (χ1) is 13.2. The average Bonchev–Trinajstić information content (AvgIpc) is 3.13. The molecule has 1 aromatic heterocycles. The first-order valence-electron chi connectivity index (χ1n) is 10.2. The molecule has 2 aromatic rings. The van der Waals surface area contributed by atoms with Gasteiger partial charge in [-0.25, -0.2) is 0 Å². The van der Waals surface area contributed by atoms with Crippen LogP contribution in [0.25, 0.3) is 0 Å². The highest BCUT2D eigenvalue weighted by atomic mass is 16.5. The zero-order valence-corrected chi connectivity index (χ0v) is 16.0. The van der Waals surface area contributed by atoms with E-state index in [-0.39, 0.29) is 5.91 Å². The van der Waals surface area contributed by atoms with Gasteiger partial charge in [0.1, 0.15) is 0 Å². The van der Waals surface area contributed by atoms with Crippen molar-refractivity contribution in [3.63, 3.8) is 0 Å². The summed E-state index contributed by atoms with van der Waals surface area (Å²) >= 11 is 0. The van der Waals surface area contributed by atoms with Crippen LogP contribution in [0.5, 0.6) is 0 Å². The third kappa shape index (κ3) is 4.05. The molecule has 1 amide bonds. The lowest BCUT2D eigenvalue weighted by Gasteiger charge is -2.24. The smallest absolute Gasteiger partial charge is 0.254 e. The highest BCUT2D eigenvalue weighted by Crippen LogP contribution is 2.35. The van der Waals surface area contributed by atoms with Crippen LogP contribution in [0.1, 0.15) is 78.5 Å². The van der Waals surface area contributed by atoms with Crippen molar-refractivity contribution in [1.29, 1.82) is 0 Å². The quantitative estimate of drug-likeness (QED) is 0.845. The van der Waals surface area contributed by atoms with Crippen LogP contribution in [0.3, 0.4) is 0 Å². The molecule has 1 saturated heterocycles. The van der Waals surface area contributed by atoms with Crippen molar-refractivity contribution in [3.05, 3.63) is 47.1 Å². The number of carbonyl (C=O) groups excluding carboxylic acids is 1. The molecular weight excluding hydrogens is 340 g/mol. The van der Waals surface area contributed by atoms with Crippen LogP contribution in [0.4, 0.5) is 0 Å². The Labute approximate surface area is 160 Å². The molecule has 1 atom stereocenters. The van der Waals surface area contributed by atoms with E-state index < -0.39 is 0 Å². The summed E-state index contributed by atoms with van der Waals surface area (Å²) in [5, 5.41) is 7.53. The molecule has 2 heterocycles. The molecule has 1 aliphatic heterocycles. The van der Waals surface area contributed by atoms with Gasteiger partial charge in [-0.3, -0.25) is 4.79 Å². The van der Waals surface area contributed by atoms with Gasteiger partial charge in [-0.15, -0.1) is 0 Å². The van der Waals surface area contributed by atoms with E-state index in [1.165, 1.54) is 24.8 Å². The standard InChI is InChI=1S/C21H28N4O2/c1-2-25(14-19-23-20(27-24-19)15-6-3-7-15)21(26)17-9-4-8-16(12-17)18-10-5-11-22-13-18/h4,8-9,12,15,18,22H,2-3,5-7,10-11,13-14H2,1H3/t18-/m1/s1. The van der Waals surface area contributed by atoms with Gasteiger partial charge in [0.05, 0.1) is 6.54 Å². The van der Waals surface area contributed by atoms with E-state index in [1.807, 2.05) is 19.1 Å². The molecule has 1 aromatic carbocycles. The number of piperidine rings is 1. The van der Waals surface area contributed by atoms with Crippen LogP contribution in [-0.2, 0) is 6.54 Å². The van der Waals surface area contributed by atoms with Crippen molar-refractivity contribution >= 4 is 5.91 Å². The Morgan fingerprint density at radius 3 is 2.81 bits per heavy atom. The van der Waals surface area contributed by atoms with Crippen molar-refractivity contribution in [2.24, 2.45) is 0 Å². The van der Waals surface area contributed by atoms with Gasteiger partial charge in [0.15, 0.2) is 5.82 Å². The predicted octanol–water partition coefficient (Wildman–Crippen LogP) is 3.47. The fourth-order valence-corrected chi connectivity index (χ4v) is 3.90. The Kier molecular flexibility index (Phi) is 5.53. The summed E-state index contributed by atoms with van der Waals surface area (Å²) in [7, 11) is 0. The maximum absolute atomic E-state index is 13.0. The number of nitrogens with zero attached hydrogens (tertiary/aromatic N) is 3. The largest absolute Gasteiger partial charge is 0.339 e. The summed E-state index contributed by atoms with van der Waals surface area (Å²) in [6.07, 6.45) is 5.84. The Bertz CT molecular complexity index is 778. The lowest BCUT2D eigenvalue weighted by Crippen LogP contribution is -2.31. The first kappa shape index (κ1) is 18.2.